The number of hydrogen-bond acceptors (Lipinski definition) is 4. The van der Waals surface area contributed by atoms with Crippen molar-refractivity contribution >= 4 is 29.1 Å². The van der Waals surface area contributed by atoms with Crippen molar-refractivity contribution in [3.63, 3.8) is 0 Å². The molecule has 0 saturated heterocycles. The number of carbonyl (C=O) groups excluding carboxylic acids is 3. The molecule has 2 aromatic rings. The van der Waals surface area contributed by atoms with Crippen LogP contribution >= 0.6 is 0 Å². The molecular weight excluding hydrogens is 344 g/mol. The van der Waals surface area contributed by atoms with Gasteiger partial charge in [0.05, 0.1) is 12.1 Å². The lowest BCUT2D eigenvalue weighted by Crippen LogP contribution is -2.30. The zero-order chi connectivity index (χ0) is 19.2. The van der Waals surface area contributed by atoms with Crippen LogP contribution in [0, 0.1) is 5.92 Å². The molecule has 0 radical (unpaired) electrons. The second kappa shape index (κ2) is 8.35. The molecule has 1 aliphatic rings. The van der Waals surface area contributed by atoms with E-state index in [4.69, 9.17) is 5.73 Å². The van der Waals surface area contributed by atoms with Gasteiger partial charge in [0, 0.05) is 23.8 Å². The van der Waals surface area contributed by atoms with Crippen LogP contribution in [0.3, 0.4) is 0 Å². The second-order valence-corrected chi connectivity index (χ2v) is 6.50. The first-order valence-electron chi connectivity index (χ1n) is 8.82. The van der Waals surface area contributed by atoms with Gasteiger partial charge in [-0.15, -0.1) is 0 Å². The summed E-state index contributed by atoms with van der Waals surface area (Å²) in [5.74, 6) is -0.582. The van der Waals surface area contributed by atoms with Crippen molar-refractivity contribution in [2.75, 3.05) is 17.2 Å². The Bertz CT molecular complexity index is 862. The number of anilines is 2. The highest BCUT2D eigenvalue weighted by atomic mass is 16.2. The molecule has 0 unspecified atom stereocenters. The minimum atomic E-state index is -0.552. The zero-order valence-electron chi connectivity index (χ0n) is 14.8. The lowest BCUT2D eigenvalue weighted by Gasteiger charge is -2.11. The molecule has 27 heavy (non-hydrogen) atoms. The predicted octanol–water partition coefficient (Wildman–Crippen LogP) is 1.86. The molecule has 0 spiro atoms. The van der Waals surface area contributed by atoms with Crippen LogP contribution in [0.4, 0.5) is 11.4 Å². The summed E-state index contributed by atoms with van der Waals surface area (Å²) in [4.78, 5) is 35.3. The number of primary amides is 1. The molecule has 1 aliphatic carbocycles. The summed E-state index contributed by atoms with van der Waals surface area (Å²) < 4.78 is 0. The molecule has 0 bridgehead atoms. The fraction of sp³-hybridized carbons (Fsp3) is 0.250. The Labute approximate surface area is 157 Å². The molecule has 7 heteroatoms. The van der Waals surface area contributed by atoms with Crippen LogP contribution in [-0.2, 0) is 16.1 Å². The van der Waals surface area contributed by atoms with E-state index >= 15 is 0 Å². The maximum atomic E-state index is 12.1. The van der Waals surface area contributed by atoms with E-state index in [2.05, 4.69) is 16.0 Å². The van der Waals surface area contributed by atoms with Crippen LogP contribution in [0.5, 0.6) is 0 Å². The molecule has 5 N–H and O–H groups in total. The van der Waals surface area contributed by atoms with E-state index in [1.165, 1.54) is 0 Å². The van der Waals surface area contributed by atoms with Crippen LogP contribution in [0.2, 0.25) is 0 Å². The van der Waals surface area contributed by atoms with Gasteiger partial charge >= 0.3 is 0 Å². The summed E-state index contributed by atoms with van der Waals surface area (Å²) in [6.45, 7) is 0.355. The monoisotopic (exact) mass is 366 g/mol. The number of nitrogens with one attached hydrogen (secondary N) is 3. The van der Waals surface area contributed by atoms with Crippen molar-refractivity contribution in [1.82, 2.24) is 5.32 Å². The standard InChI is InChI=1S/C20H22N4O3/c21-19(26)16-6-1-2-7-17(16)22-12-18(25)23-11-13-4-3-5-15(10-13)24-20(27)14-8-9-14/h1-7,10,14,22H,8-9,11-12H2,(H2,21,26)(H,23,25)(H,24,27). The maximum absolute atomic E-state index is 12.1. The van der Waals surface area contributed by atoms with Crippen molar-refractivity contribution in [3.05, 3.63) is 59.7 Å². The Morgan fingerprint density at radius 1 is 1.04 bits per heavy atom. The number of nitrogens with two attached hydrogens (primary N) is 1. The van der Waals surface area contributed by atoms with Crippen molar-refractivity contribution < 1.29 is 14.4 Å². The second-order valence-electron chi connectivity index (χ2n) is 6.50. The molecule has 140 valence electrons. The van der Waals surface area contributed by atoms with Crippen LogP contribution in [0.15, 0.2) is 48.5 Å². The molecule has 0 heterocycles. The molecule has 1 saturated carbocycles. The minimum Gasteiger partial charge on any atom is -0.376 e. The van der Waals surface area contributed by atoms with Gasteiger partial charge in [-0.3, -0.25) is 14.4 Å². The molecule has 0 aliphatic heterocycles. The van der Waals surface area contributed by atoms with Gasteiger partial charge in [-0.05, 0) is 42.7 Å². The lowest BCUT2D eigenvalue weighted by molar-refractivity contribution is -0.119. The van der Waals surface area contributed by atoms with E-state index in [0.29, 0.717) is 17.8 Å². The molecule has 3 rings (SSSR count). The third-order valence-electron chi connectivity index (χ3n) is 4.26. The molecule has 2 aromatic carbocycles. The predicted molar refractivity (Wildman–Crippen MR) is 103 cm³/mol. The SMILES string of the molecule is NC(=O)c1ccccc1NCC(=O)NCc1cccc(NC(=O)C2CC2)c1. The fourth-order valence-electron chi connectivity index (χ4n) is 2.64. The van der Waals surface area contributed by atoms with Gasteiger partial charge in [0.15, 0.2) is 0 Å². The van der Waals surface area contributed by atoms with Crippen molar-refractivity contribution in [1.29, 1.82) is 0 Å². The summed E-state index contributed by atoms with van der Waals surface area (Å²) >= 11 is 0. The number of benzene rings is 2. The first-order valence-corrected chi connectivity index (χ1v) is 8.82. The Morgan fingerprint density at radius 2 is 1.81 bits per heavy atom. The van der Waals surface area contributed by atoms with Crippen LogP contribution in [0.25, 0.3) is 0 Å². The summed E-state index contributed by atoms with van der Waals surface area (Å²) in [5.41, 5.74) is 7.79. The van der Waals surface area contributed by atoms with E-state index in [9.17, 15) is 14.4 Å². The van der Waals surface area contributed by atoms with Gasteiger partial charge in [-0.25, -0.2) is 0 Å². The molecule has 0 atom stereocenters. The maximum Gasteiger partial charge on any atom is 0.250 e. The van der Waals surface area contributed by atoms with Crippen LogP contribution < -0.4 is 21.7 Å². The summed E-state index contributed by atoms with van der Waals surface area (Å²) in [5, 5.41) is 8.61. The van der Waals surface area contributed by atoms with Crippen molar-refractivity contribution in [2.45, 2.75) is 19.4 Å². The van der Waals surface area contributed by atoms with E-state index in [1.807, 2.05) is 24.3 Å². The lowest BCUT2D eigenvalue weighted by atomic mass is 10.1. The molecule has 0 aromatic heterocycles. The summed E-state index contributed by atoms with van der Waals surface area (Å²) in [7, 11) is 0. The molecule has 1 fully saturated rings. The molecular formula is C20H22N4O3. The van der Waals surface area contributed by atoms with Crippen molar-refractivity contribution in [2.24, 2.45) is 11.7 Å². The van der Waals surface area contributed by atoms with Crippen molar-refractivity contribution in [3.8, 4) is 0 Å². The van der Waals surface area contributed by atoms with E-state index < -0.39 is 5.91 Å². The van der Waals surface area contributed by atoms with Gasteiger partial charge in [0.1, 0.15) is 0 Å². The normalized spacial score (nSPS) is 12.9. The number of carbonyl (C=O) groups is 3. The van der Waals surface area contributed by atoms with Crippen LogP contribution in [0.1, 0.15) is 28.8 Å². The average molecular weight is 366 g/mol. The highest BCUT2D eigenvalue weighted by Crippen LogP contribution is 2.30. The topological polar surface area (TPSA) is 113 Å². The largest absolute Gasteiger partial charge is 0.376 e. The smallest absolute Gasteiger partial charge is 0.250 e. The van der Waals surface area contributed by atoms with Gasteiger partial charge in [-0.1, -0.05) is 24.3 Å². The third kappa shape index (κ3) is 5.31. The van der Waals surface area contributed by atoms with E-state index in [0.717, 1.165) is 24.1 Å². The Kier molecular flexibility index (Phi) is 5.71. The quantitative estimate of drug-likeness (QED) is 0.571. The average Bonchev–Trinajstić information content (AvgIpc) is 3.50. The molecule has 7 nitrogen and oxygen atoms in total. The number of rotatable bonds is 8. The highest BCUT2D eigenvalue weighted by molar-refractivity contribution is 5.99. The van der Waals surface area contributed by atoms with E-state index in [1.54, 1.807) is 24.3 Å². The van der Waals surface area contributed by atoms with Crippen LogP contribution in [-0.4, -0.2) is 24.3 Å². The van der Waals surface area contributed by atoms with Gasteiger partial charge in [0.2, 0.25) is 11.8 Å². The Balaban J connectivity index is 1.49. The van der Waals surface area contributed by atoms with E-state index in [-0.39, 0.29) is 24.3 Å². The number of para-hydroxylation sites is 1. The van der Waals surface area contributed by atoms with Gasteiger partial charge < -0.3 is 21.7 Å². The Hall–Kier alpha value is -3.35. The summed E-state index contributed by atoms with van der Waals surface area (Å²) in [6, 6.07) is 14.1. The Morgan fingerprint density at radius 3 is 2.56 bits per heavy atom. The summed E-state index contributed by atoms with van der Waals surface area (Å²) in [6.07, 6.45) is 1.90. The van der Waals surface area contributed by atoms with Gasteiger partial charge in [-0.2, -0.15) is 0 Å². The number of hydrogen-bond donors (Lipinski definition) is 4. The molecule has 3 amide bonds. The third-order valence-corrected chi connectivity index (χ3v) is 4.26. The first kappa shape index (κ1) is 18.4. The highest BCUT2D eigenvalue weighted by Gasteiger charge is 2.29. The van der Waals surface area contributed by atoms with Gasteiger partial charge in [0.25, 0.3) is 5.91 Å². The fourth-order valence-corrected chi connectivity index (χ4v) is 2.64. The minimum absolute atomic E-state index is 0.0163. The first-order chi connectivity index (χ1) is 13.0. The zero-order valence-corrected chi connectivity index (χ0v) is 14.8. The number of amides is 3.